The first-order valence-electron chi connectivity index (χ1n) is 8.72. The fourth-order valence-electron chi connectivity index (χ4n) is 4.17. The highest BCUT2D eigenvalue weighted by Crippen LogP contribution is 2.39. The van der Waals surface area contributed by atoms with Crippen molar-refractivity contribution in [3.05, 3.63) is 18.2 Å². The van der Waals surface area contributed by atoms with Crippen LogP contribution >= 0.6 is 0 Å². The third-order valence-corrected chi connectivity index (χ3v) is 5.37. The summed E-state index contributed by atoms with van der Waals surface area (Å²) >= 11 is 0. The van der Waals surface area contributed by atoms with E-state index in [-0.39, 0.29) is 17.7 Å². The highest BCUT2D eigenvalue weighted by atomic mass is 16.5. The van der Waals surface area contributed by atoms with E-state index in [1.54, 1.807) is 10.9 Å². The number of nitrogens with zero attached hydrogens (tertiary/aromatic N) is 2. The number of carboxylic acids is 1. The molecule has 1 aliphatic heterocycles. The van der Waals surface area contributed by atoms with Crippen LogP contribution in [-0.2, 0) is 16.1 Å². The second kappa shape index (κ2) is 7.34. The van der Waals surface area contributed by atoms with E-state index in [1.807, 2.05) is 6.92 Å². The number of imidazole rings is 1. The third kappa shape index (κ3) is 3.61. The van der Waals surface area contributed by atoms with Crippen LogP contribution in [0.1, 0.15) is 43.1 Å². The first kappa shape index (κ1) is 17.0. The van der Waals surface area contributed by atoms with Gasteiger partial charge in [0.2, 0.25) is 0 Å². The molecule has 0 spiro atoms. The molecule has 1 aromatic heterocycles. The Labute approximate surface area is 141 Å². The molecule has 3 rings (SSSR count). The summed E-state index contributed by atoms with van der Waals surface area (Å²) in [4.78, 5) is 27.1. The minimum absolute atomic E-state index is 0.152. The van der Waals surface area contributed by atoms with Gasteiger partial charge in [0, 0.05) is 6.54 Å². The standard InChI is InChI=1S/C17H25N3O4/c1-2-24-17(23)14-6-13-5-11(3-4-12(13)7-19-14)9-20-10-18-8-15(20)16(21)22/h8,10-14,19H,2-7,9H2,1H3,(H,21,22)/t11-,12-,13+,14-/m0/s1. The Morgan fingerprint density at radius 1 is 1.38 bits per heavy atom. The number of piperidine rings is 1. The summed E-state index contributed by atoms with van der Waals surface area (Å²) in [6.45, 7) is 3.78. The van der Waals surface area contributed by atoms with E-state index >= 15 is 0 Å². The Balaban J connectivity index is 1.60. The lowest BCUT2D eigenvalue weighted by Crippen LogP contribution is -2.50. The van der Waals surface area contributed by atoms with Crippen molar-refractivity contribution in [2.45, 2.75) is 45.2 Å². The Morgan fingerprint density at radius 2 is 2.21 bits per heavy atom. The maximum Gasteiger partial charge on any atom is 0.354 e. The Kier molecular flexibility index (Phi) is 5.18. The molecule has 2 N–H and O–H groups in total. The van der Waals surface area contributed by atoms with Gasteiger partial charge in [0.1, 0.15) is 11.7 Å². The molecule has 0 radical (unpaired) electrons. The molecule has 7 nitrogen and oxygen atoms in total. The smallest absolute Gasteiger partial charge is 0.354 e. The largest absolute Gasteiger partial charge is 0.477 e. The van der Waals surface area contributed by atoms with Gasteiger partial charge in [-0.05, 0) is 56.9 Å². The van der Waals surface area contributed by atoms with Gasteiger partial charge < -0.3 is 19.7 Å². The first-order valence-corrected chi connectivity index (χ1v) is 8.72. The van der Waals surface area contributed by atoms with Crippen LogP contribution in [-0.4, -0.2) is 45.8 Å². The summed E-state index contributed by atoms with van der Waals surface area (Å²) in [6, 6.07) is -0.201. The molecule has 1 aromatic rings. The number of aromatic carboxylic acids is 1. The molecule has 1 aliphatic carbocycles. The average Bonchev–Trinajstić information content (AvgIpc) is 3.03. The van der Waals surface area contributed by atoms with Crippen LogP contribution in [0, 0.1) is 17.8 Å². The van der Waals surface area contributed by atoms with Crippen molar-refractivity contribution in [1.29, 1.82) is 0 Å². The Bertz CT molecular complexity index is 600. The molecule has 7 heteroatoms. The maximum atomic E-state index is 12.0. The van der Waals surface area contributed by atoms with E-state index in [2.05, 4.69) is 10.3 Å². The molecule has 0 unspecified atom stereocenters. The lowest BCUT2D eigenvalue weighted by Gasteiger charge is -2.42. The predicted molar refractivity (Wildman–Crippen MR) is 86.5 cm³/mol. The lowest BCUT2D eigenvalue weighted by molar-refractivity contribution is -0.147. The number of hydrogen-bond donors (Lipinski definition) is 2. The van der Waals surface area contributed by atoms with Crippen LogP contribution in [0.4, 0.5) is 0 Å². The average molecular weight is 335 g/mol. The molecule has 0 bridgehead atoms. The highest BCUT2D eigenvalue weighted by molar-refractivity contribution is 5.85. The zero-order valence-electron chi connectivity index (χ0n) is 14.0. The van der Waals surface area contributed by atoms with E-state index in [1.165, 1.54) is 6.20 Å². The number of esters is 1. The van der Waals surface area contributed by atoms with Gasteiger partial charge in [-0.15, -0.1) is 0 Å². The number of carbonyl (C=O) groups excluding carboxylic acids is 1. The number of aromatic nitrogens is 2. The molecule has 1 saturated carbocycles. The van der Waals surface area contributed by atoms with E-state index < -0.39 is 5.97 Å². The fraction of sp³-hybridized carbons (Fsp3) is 0.706. The zero-order chi connectivity index (χ0) is 17.1. The van der Waals surface area contributed by atoms with Crippen LogP contribution in [0.25, 0.3) is 0 Å². The number of carboxylic acid groups (broad SMARTS) is 1. The lowest BCUT2D eigenvalue weighted by atomic mass is 9.69. The minimum atomic E-state index is -0.939. The monoisotopic (exact) mass is 335 g/mol. The van der Waals surface area contributed by atoms with Gasteiger partial charge >= 0.3 is 11.9 Å². The number of hydrogen-bond acceptors (Lipinski definition) is 5. The van der Waals surface area contributed by atoms with Crippen molar-refractivity contribution in [1.82, 2.24) is 14.9 Å². The van der Waals surface area contributed by atoms with E-state index in [0.717, 1.165) is 32.2 Å². The third-order valence-electron chi connectivity index (χ3n) is 5.37. The summed E-state index contributed by atoms with van der Waals surface area (Å²) in [5.41, 5.74) is 0.242. The van der Waals surface area contributed by atoms with Gasteiger partial charge in [0.25, 0.3) is 0 Å². The summed E-state index contributed by atoms with van der Waals surface area (Å²) in [5.74, 6) is 0.440. The van der Waals surface area contributed by atoms with Gasteiger partial charge in [-0.25, -0.2) is 9.78 Å². The van der Waals surface area contributed by atoms with Crippen LogP contribution < -0.4 is 5.32 Å². The number of carbonyl (C=O) groups is 2. The van der Waals surface area contributed by atoms with Crippen molar-refractivity contribution in [3.8, 4) is 0 Å². The van der Waals surface area contributed by atoms with Gasteiger partial charge in [-0.2, -0.15) is 0 Å². The van der Waals surface area contributed by atoms with Crippen LogP contribution in [0.2, 0.25) is 0 Å². The fourth-order valence-corrected chi connectivity index (χ4v) is 4.17. The first-order chi connectivity index (χ1) is 11.6. The molecule has 1 saturated heterocycles. The number of ether oxygens (including phenoxy) is 1. The molecule has 0 amide bonds. The van der Waals surface area contributed by atoms with Crippen molar-refractivity contribution in [3.63, 3.8) is 0 Å². The van der Waals surface area contributed by atoms with E-state index in [9.17, 15) is 14.7 Å². The summed E-state index contributed by atoms with van der Waals surface area (Å²) in [5, 5.41) is 12.5. The molecule has 4 atom stereocenters. The van der Waals surface area contributed by atoms with Crippen molar-refractivity contribution in [2.75, 3.05) is 13.2 Å². The van der Waals surface area contributed by atoms with Crippen molar-refractivity contribution >= 4 is 11.9 Å². The Morgan fingerprint density at radius 3 is 2.96 bits per heavy atom. The number of rotatable bonds is 5. The summed E-state index contributed by atoms with van der Waals surface area (Å²) in [7, 11) is 0. The normalized spacial score (nSPS) is 29.7. The molecular formula is C17H25N3O4. The maximum absolute atomic E-state index is 12.0. The van der Waals surface area contributed by atoms with Gasteiger partial charge in [-0.1, -0.05) is 0 Å². The van der Waals surface area contributed by atoms with Crippen LogP contribution in [0.15, 0.2) is 12.5 Å². The topological polar surface area (TPSA) is 93.5 Å². The van der Waals surface area contributed by atoms with Gasteiger partial charge in [-0.3, -0.25) is 4.79 Å². The molecule has 24 heavy (non-hydrogen) atoms. The number of fused-ring (bicyclic) bond motifs is 1. The predicted octanol–water partition coefficient (Wildman–Crippen LogP) is 1.54. The quantitative estimate of drug-likeness (QED) is 0.793. The SMILES string of the molecule is CCOC(=O)[C@@H]1C[C@H]2C[C@@H](Cn3cncc3C(=O)O)CC[C@H]2CN1. The molecular weight excluding hydrogens is 310 g/mol. The molecule has 2 heterocycles. The Hall–Kier alpha value is -1.89. The number of nitrogens with one attached hydrogen (secondary N) is 1. The minimum Gasteiger partial charge on any atom is -0.477 e. The van der Waals surface area contributed by atoms with Crippen LogP contribution in [0.3, 0.4) is 0 Å². The second-order valence-corrected chi connectivity index (χ2v) is 6.88. The summed E-state index contributed by atoms with van der Waals surface area (Å²) in [6.07, 6.45) is 7.04. The molecule has 0 aromatic carbocycles. The molecule has 2 aliphatic rings. The van der Waals surface area contributed by atoms with E-state index in [0.29, 0.717) is 30.9 Å². The van der Waals surface area contributed by atoms with Crippen molar-refractivity contribution in [2.24, 2.45) is 17.8 Å². The van der Waals surface area contributed by atoms with E-state index in [4.69, 9.17) is 4.74 Å². The van der Waals surface area contributed by atoms with Crippen LogP contribution in [0.5, 0.6) is 0 Å². The highest BCUT2D eigenvalue weighted by Gasteiger charge is 2.38. The molecule has 132 valence electrons. The second-order valence-electron chi connectivity index (χ2n) is 6.88. The van der Waals surface area contributed by atoms with Crippen molar-refractivity contribution < 1.29 is 19.4 Å². The zero-order valence-corrected chi connectivity index (χ0v) is 14.0. The van der Waals surface area contributed by atoms with Gasteiger partial charge in [0.15, 0.2) is 0 Å². The summed E-state index contributed by atoms with van der Waals surface area (Å²) < 4.78 is 6.87. The molecule has 2 fully saturated rings. The van der Waals surface area contributed by atoms with Gasteiger partial charge in [0.05, 0.1) is 19.1 Å².